The van der Waals surface area contributed by atoms with E-state index < -0.39 is 5.24 Å². The van der Waals surface area contributed by atoms with Gasteiger partial charge in [-0.05, 0) is 23.7 Å². The summed E-state index contributed by atoms with van der Waals surface area (Å²) in [4.78, 5) is 13.4. The van der Waals surface area contributed by atoms with Crippen LogP contribution in [0.2, 0.25) is 0 Å². The Morgan fingerprint density at radius 1 is 1.33 bits per heavy atom. The van der Waals surface area contributed by atoms with Crippen molar-refractivity contribution in [2.75, 3.05) is 31.2 Å². The maximum atomic E-state index is 11.2. The molecule has 18 heavy (non-hydrogen) atoms. The zero-order chi connectivity index (χ0) is 12.5. The number of rotatable bonds is 2. The van der Waals surface area contributed by atoms with Gasteiger partial charge in [0.05, 0.1) is 42.4 Å². The molecule has 3 heterocycles. The highest BCUT2D eigenvalue weighted by atomic mass is 35.5. The van der Waals surface area contributed by atoms with E-state index in [1.807, 2.05) is 18.3 Å². The Bertz CT molecular complexity index is 590. The maximum absolute atomic E-state index is 11.2. The summed E-state index contributed by atoms with van der Waals surface area (Å²) in [6, 6.07) is 3.85. The second-order valence-electron chi connectivity index (χ2n) is 4.15. The molecule has 94 valence electrons. The smallest absolute Gasteiger partial charge is 0.256 e. The molecule has 1 fully saturated rings. The number of hydrogen-bond donors (Lipinski definition) is 0. The van der Waals surface area contributed by atoms with Crippen molar-refractivity contribution in [2.24, 2.45) is 0 Å². The molecule has 3 rings (SSSR count). The summed E-state index contributed by atoms with van der Waals surface area (Å²) in [5.74, 6) is 0. The molecule has 6 heteroatoms. The Hall–Kier alpha value is -1.59. The highest BCUT2D eigenvalue weighted by Gasteiger charge is 2.14. The number of fused-ring (bicyclic) bond motifs is 1. The van der Waals surface area contributed by atoms with Gasteiger partial charge in [-0.2, -0.15) is 5.10 Å². The van der Waals surface area contributed by atoms with E-state index >= 15 is 0 Å². The van der Waals surface area contributed by atoms with Crippen molar-refractivity contribution in [1.82, 2.24) is 9.61 Å². The van der Waals surface area contributed by atoms with Crippen LogP contribution in [-0.2, 0) is 4.74 Å². The minimum Gasteiger partial charge on any atom is -0.378 e. The lowest BCUT2D eigenvalue weighted by Crippen LogP contribution is -2.36. The van der Waals surface area contributed by atoms with Crippen molar-refractivity contribution in [3.8, 4) is 0 Å². The first-order chi connectivity index (χ1) is 8.75. The number of pyridine rings is 1. The van der Waals surface area contributed by atoms with Crippen molar-refractivity contribution < 1.29 is 9.53 Å². The van der Waals surface area contributed by atoms with Crippen molar-refractivity contribution in [1.29, 1.82) is 0 Å². The summed E-state index contributed by atoms with van der Waals surface area (Å²) in [6.45, 7) is 3.22. The molecule has 1 aliphatic rings. The summed E-state index contributed by atoms with van der Waals surface area (Å²) < 4.78 is 7.00. The Kier molecular flexibility index (Phi) is 2.93. The number of morpholine rings is 1. The van der Waals surface area contributed by atoms with Crippen LogP contribution in [-0.4, -0.2) is 41.2 Å². The van der Waals surface area contributed by atoms with Crippen LogP contribution in [0.3, 0.4) is 0 Å². The summed E-state index contributed by atoms with van der Waals surface area (Å²) in [6.07, 6.45) is 3.40. The number of nitrogens with zero attached hydrogens (tertiary/aromatic N) is 3. The van der Waals surface area contributed by atoms with Crippen molar-refractivity contribution in [3.05, 3.63) is 30.1 Å². The molecule has 0 aromatic carbocycles. The Morgan fingerprint density at radius 2 is 2.11 bits per heavy atom. The molecule has 0 radical (unpaired) electrons. The van der Waals surface area contributed by atoms with Crippen LogP contribution in [0, 0.1) is 0 Å². The van der Waals surface area contributed by atoms with Gasteiger partial charge < -0.3 is 9.64 Å². The summed E-state index contributed by atoms with van der Waals surface area (Å²) in [5.41, 5.74) is 2.24. The number of ether oxygens (including phenoxy) is 1. The Labute approximate surface area is 109 Å². The Morgan fingerprint density at radius 3 is 2.83 bits per heavy atom. The van der Waals surface area contributed by atoms with E-state index in [1.54, 1.807) is 4.52 Å². The number of carbonyl (C=O) groups excluding carboxylic acids is 1. The van der Waals surface area contributed by atoms with E-state index in [-0.39, 0.29) is 0 Å². The molecule has 0 unspecified atom stereocenters. The first-order valence-corrected chi connectivity index (χ1v) is 6.13. The normalized spacial score (nSPS) is 16.2. The van der Waals surface area contributed by atoms with Gasteiger partial charge >= 0.3 is 0 Å². The van der Waals surface area contributed by atoms with Gasteiger partial charge in [0.2, 0.25) is 0 Å². The molecule has 0 atom stereocenters. The number of carbonyl (C=O) groups is 1. The molecule has 0 aliphatic carbocycles. The standard InChI is InChI=1S/C12H12ClN3O2/c13-12(17)10-7-14-16-8-9(1-2-11(10)16)15-3-5-18-6-4-15/h1-2,7-8H,3-6H2. The molecule has 0 amide bonds. The molecule has 5 nitrogen and oxygen atoms in total. The van der Waals surface area contributed by atoms with E-state index in [0.717, 1.165) is 37.5 Å². The van der Waals surface area contributed by atoms with E-state index in [9.17, 15) is 4.79 Å². The highest BCUT2D eigenvalue weighted by molar-refractivity contribution is 6.68. The fourth-order valence-electron chi connectivity index (χ4n) is 2.13. The van der Waals surface area contributed by atoms with Gasteiger partial charge in [-0.25, -0.2) is 4.52 Å². The number of anilines is 1. The van der Waals surface area contributed by atoms with Gasteiger partial charge in [0.25, 0.3) is 5.24 Å². The second kappa shape index (κ2) is 4.59. The van der Waals surface area contributed by atoms with Crippen LogP contribution in [0.1, 0.15) is 10.4 Å². The summed E-state index contributed by atoms with van der Waals surface area (Å²) in [5, 5.41) is 3.67. The third kappa shape index (κ3) is 1.95. The molecular formula is C12H12ClN3O2. The topological polar surface area (TPSA) is 46.8 Å². The molecule has 2 aromatic heterocycles. The van der Waals surface area contributed by atoms with Crippen LogP contribution < -0.4 is 4.90 Å². The van der Waals surface area contributed by atoms with E-state index in [2.05, 4.69) is 10.00 Å². The molecule has 0 spiro atoms. The minimum absolute atomic E-state index is 0.435. The van der Waals surface area contributed by atoms with Crippen molar-refractivity contribution >= 4 is 28.0 Å². The largest absolute Gasteiger partial charge is 0.378 e. The average molecular weight is 266 g/mol. The van der Waals surface area contributed by atoms with E-state index in [0.29, 0.717) is 5.56 Å². The van der Waals surface area contributed by atoms with E-state index in [1.165, 1.54) is 6.20 Å². The molecule has 2 aromatic rings. The third-order valence-electron chi connectivity index (χ3n) is 3.09. The minimum atomic E-state index is -0.482. The van der Waals surface area contributed by atoms with Crippen LogP contribution in [0.4, 0.5) is 5.69 Å². The van der Waals surface area contributed by atoms with Gasteiger partial charge in [0, 0.05) is 13.1 Å². The lowest BCUT2D eigenvalue weighted by atomic mass is 10.2. The zero-order valence-corrected chi connectivity index (χ0v) is 10.4. The van der Waals surface area contributed by atoms with Crippen LogP contribution in [0.5, 0.6) is 0 Å². The fraction of sp³-hybridized carbons (Fsp3) is 0.333. The lowest BCUT2D eigenvalue weighted by Gasteiger charge is -2.28. The number of halogens is 1. The average Bonchev–Trinajstić information content (AvgIpc) is 2.82. The first kappa shape index (κ1) is 11.5. The summed E-state index contributed by atoms with van der Waals surface area (Å²) in [7, 11) is 0. The van der Waals surface area contributed by atoms with Crippen LogP contribution >= 0.6 is 11.6 Å². The van der Waals surface area contributed by atoms with Gasteiger partial charge in [-0.15, -0.1) is 0 Å². The predicted molar refractivity (Wildman–Crippen MR) is 68.4 cm³/mol. The third-order valence-corrected chi connectivity index (χ3v) is 3.29. The molecule has 0 N–H and O–H groups in total. The van der Waals surface area contributed by atoms with Gasteiger partial charge in [-0.1, -0.05) is 0 Å². The quantitative estimate of drug-likeness (QED) is 0.773. The van der Waals surface area contributed by atoms with Crippen molar-refractivity contribution in [2.45, 2.75) is 0 Å². The van der Waals surface area contributed by atoms with E-state index in [4.69, 9.17) is 16.3 Å². The summed E-state index contributed by atoms with van der Waals surface area (Å²) >= 11 is 5.49. The first-order valence-electron chi connectivity index (χ1n) is 5.75. The zero-order valence-electron chi connectivity index (χ0n) is 9.67. The van der Waals surface area contributed by atoms with Crippen molar-refractivity contribution in [3.63, 3.8) is 0 Å². The molecule has 0 saturated carbocycles. The number of aromatic nitrogens is 2. The monoisotopic (exact) mass is 265 g/mol. The second-order valence-corrected chi connectivity index (χ2v) is 4.49. The molecule has 0 bridgehead atoms. The van der Waals surface area contributed by atoms with Crippen LogP contribution in [0.15, 0.2) is 24.5 Å². The van der Waals surface area contributed by atoms with Gasteiger partial charge in [-0.3, -0.25) is 4.79 Å². The van der Waals surface area contributed by atoms with Crippen LogP contribution in [0.25, 0.3) is 5.52 Å². The maximum Gasteiger partial charge on any atom is 0.256 e. The molecule has 1 saturated heterocycles. The highest BCUT2D eigenvalue weighted by Crippen LogP contribution is 2.20. The van der Waals surface area contributed by atoms with Gasteiger partial charge in [0.1, 0.15) is 0 Å². The van der Waals surface area contributed by atoms with Gasteiger partial charge in [0.15, 0.2) is 0 Å². The number of hydrogen-bond acceptors (Lipinski definition) is 4. The molecule has 1 aliphatic heterocycles. The SMILES string of the molecule is O=C(Cl)c1cnn2cc(N3CCOCC3)ccc12. The lowest BCUT2D eigenvalue weighted by molar-refractivity contribution is 0.108. The fourth-order valence-corrected chi connectivity index (χ4v) is 2.28. The predicted octanol–water partition coefficient (Wildman–Crippen LogP) is 1.55. The molecular weight excluding hydrogens is 254 g/mol. The Balaban J connectivity index is 1.98.